The zero-order chi connectivity index (χ0) is 14.9. The van der Waals surface area contributed by atoms with Crippen molar-refractivity contribution in [3.05, 3.63) is 41.3 Å². The van der Waals surface area contributed by atoms with Gasteiger partial charge in [0.2, 0.25) is 0 Å². The van der Waals surface area contributed by atoms with E-state index in [1.54, 1.807) is 6.07 Å². The fourth-order valence-corrected chi connectivity index (χ4v) is 2.27. The van der Waals surface area contributed by atoms with E-state index in [-0.39, 0.29) is 11.9 Å². The molecule has 5 heteroatoms. The number of halogens is 1. The molecule has 20 heavy (non-hydrogen) atoms. The first kappa shape index (κ1) is 14.4. The van der Waals surface area contributed by atoms with Gasteiger partial charge in [-0.3, -0.25) is 0 Å². The quantitative estimate of drug-likeness (QED) is 0.933. The first-order valence-electron chi connectivity index (χ1n) is 6.70. The molecule has 108 valence electrons. The van der Waals surface area contributed by atoms with Crippen molar-refractivity contribution >= 4 is 11.5 Å². The van der Waals surface area contributed by atoms with E-state index >= 15 is 0 Å². The van der Waals surface area contributed by atoms with Gasteiger partial charge in [0.1, 0.15) is 5.82 Å². The van der Waals surface area contributed by atoms with Crippen LogP contribution in [-0.4, -0.2) is 16.8 Å². The molecule has 1 heterocycles. The predicted molar refractivity (Wildman–Crippen MR) is 80.3 cm³/mol. The van der Waals surface area contributed by atoms with Crippen LogP contribution in [0.2, 0.25) is 0 Å². The number of hydrogen-bond donors (Lipinski definition) is 1. The van der Waals surface area contributed by atoms with Gasteiger partial charge in [0.05, 0.1) is 11.4 Å². The van der Waals surface area contributed by atoms with Gasteiger partial charge in [-0.2, -0.15) is 5.10 Å². The van der Waals surface area contributed by atoms with E-state index in [0.29, 0.717) is 12.2 Å². The fraction of sp³-hybridized carbons (Fsp3) is 0.400. The van der Waals surface area contributed by atoms with Gasteiger partial charge in [-0.05, 0) is 38.5 Å². The third-order valence-corrected chi connectivity index (χ3v) is 3.26. The molecule has 1 aromatic heterocycles. The van der Waals surface area contributed by atoms with E-state index in [1.165, 1.54) is 12.1 Å². The van der Waals surface area contributed by atoms with E-state index in [4.69, 9.17) is 5.73 Å². The molecule has 0 radical (unpaired) electrons. The Morgan fingerprint density at radius 3 is 2.70 bits per heavy atom. The van der Waals surface area contributed by atoms with Crippen molar-refractivity contribution in [1.82, 2.24) is 9.78 Å². The molecular formula is C15H21FN4. The lowest BCUT2D eigenvalue weighted by atomic mass is 10.2. The van der Waals surface area contributed by atoms with Crippen molar-refractivity contribution in [2.45, 2.75) is 33.4 Å². The second kappa shape index (κ2) is 5.53. The van der Waals surface area contributed by atoms with Crippen LogP contribution in [0.1, 0.15) is 31.1 Å². The molecule has 0 fully saturated rings. The molecular weight excluding hydrogens is 255 g/mol. The summed E-state index contributed by atoms with van der Waals surface area (Å²) in [6.45, 7) is 6.60. The minimum Gasteiger partial charge on any atom is -0.394 e. The highest BCUT2D eigenvalue weighted by molar-refractivity contribution is 5.66. The van der Waals surface area contributed by atoms with E-state index in [2.05, 4.69) is 18.9 Å². The largest absolute Gasteiger partial charge is 0.394 e. The summed E-state index contributed by atoms with van der Waals surface area (Å²) in [5, 5.41) is 4.47. The Bertz CT molecular complexity index is 604. The highest BCUT2D eigenvalue weighted by atomic mass is 19.1. The molecule has 2 rings (SSSR count). The van der Waals surface area contributed by atoms with Gasteiger partial charge in [0.25, 0.3) is 0 Å². The molecule has 0 spiro atoms. The number of benzene rings is 1. The van der Waals surface area contributed by atoms with Crippen molar-refractivity contribution in [2.75, 3.05) is 17.7 Å². The summed E-state index contributed by atoms with van der Waals surface area (Å²) in [4.78, 5) is 2.00. The first-order chi connectivity index (χ1) is 9.40. The van der Waals surface area contributed by atoms with Gasteiger partial charge in [0.15, 0.2) is 5.82 Å². The van der Waals surface area contributed by atoms with Gasteiger partial charge < -0.3 is 10.6 Å². The second-order valence-electron chi connectivity index (χ2n) is 5.35. The molecule has 0 aliphatic heterocycles. The molecule has 2 N–H and O–H groups in total. The molecule has 2 aromatic rings. The highest BCUT2D eigenvalue weighted by Gasteiger charge is 2.18. The van der Waals surface area contributed by atoms with Crippen LogP contribution in [0.15, 0.2) is 24.3 Å². The number of anilines is 2. The van der Waals surface area contributed by atoms with Crippen molar-refractivity contribution in [2.24, 2.45) is 0 Å². The maximum Gasteiger partial charge on any atom is 0.150 e. The lowest BCUT2D eigenvalue weighted by molar-refractivity contribution is 0.525. The van der Waals surface area contributed by atoms with Gasteiger partial charge in [-0.25, -0.2) is 9.07 Å². The number of aromatic nitrogens is 2. The zero-order valence-electron chi connectivity index (χ0n) is 12.4. The van der Waals surface area contributed by atoms with Crippen LogP contribution in [0, 0.1) is 12.7 Å². The van der Waals surface area contributed by atoms with Crippen molar-refractivity contribution in [3.8, 4) is 0 Å². The monoisotopic (exact) mass is 276 g/mol. The van der Waals surface area contributed by atoms with Crippen LogP contribution in [0.3, 0.4) is 0 Å². The summed E-state index contributed by atoms with van der Waals surface area (Å²) in [6.07, 6.45) is 0. The summed E-state index contributed by atoms with van der Waals surface area (Å²) < 4.78 is 15.2. The Kier molecular flexibility index (Phi) is 3.97. The van der Waals surface area contributed by atoms with E-state index in [9.17, 15) is 4.39 Å². The third kappa shape index (κ3) is 2.76. The number of nitrogens with two attached hydrogens (primary N) is 1. The van der Waals surface area contributed by atoms with Crippen molar-refractivity contribution in [1.29, 1.82) is 0 Å². The van der Waals surface area contributed by atoms with Gasteiger partial charge in [-0.1, -0.05) is 12.1 Å². The van der Waals surface area contributed by atoms with Crippen molar-refractivity contribution in [3.63, 3.8) is 0 Å². The average molecular weight is 276 g/mol. The Morgan fingerprint density at radius 2 is 2.10 bits per heavy atom. The summed E-state index contributed by atoms with van der Waals surface area (Å²) in [5.74, 6) is 0.652. The lowest BCUT2D eigenvalue weighted by Crippen LogP contribution is -2.22. The number of hydrogen-bond acceptors (Lipinski definition) is 3. The highest BCUT2D eigenvalue weighted by Crippen LogP contribution is 2.29. The summed E-state index contributed by atoms with van der Waals surface area (Å²) >= 11 is 0. The molecule has 0 saturated carbocycles. The second-order valence-corrected chi connectivity index (χ2v) is 5.35. The van der Waals surface area contributed by atoms with Crippen LogP contribution >= 0.6 is 0 Å². The Balaban J connectivity index is 2.31. The molecule has 1 aromatic carbocycles. The third-order valence-electron chi connectivity index (χ3n) is 3.26. The van der Waals surface area contributed by atoms with Crippen LogP contribution in [0.4, 0.5) is 15.9 Å². The summed E-state index contributed by atoms with van der Waals surface area (Å²) in [5.41, 5.74) is 8.53. The van der Waals surface area contributed by atoms with Crippen molar-refractivity contribution < 1.29 is 4.39 Å². The number of aryl methyl sites for hydroxylation is 1. The number of nitrogens with zero attached hydrogens (tertiary/aromatic N) is 3. The summed E-state index contributed by atoms with van der Waals surface area (Å²) in [7, 11) is 1.94. The molecule has 4 nitrogen and oxygen atoms in total. The minimum absolute atomic E-state index is 0.218. The predicted octanol–water partition coefficient (Wildman–Crippen LogP) is 3.13. The smallest absolute Gasteiger partial charge is 0.150 e. The summed E-state index contributed by atoms with van der Waals surface area (Å²) in [6, 6.07) is 6.82. The first-order valence-corrected chi connectivity index (χ1v) is 6.70. The van der Waals surface area contributed by atoms with Crippen LogP contribution in [0.5, 0.6) is 0 Å². The SMILES string of the molecule is Cc1nn(C(C)C)c(N(C)Cc2cccc(F)c2)c1N. The Morgan fingerprint density at radius 1 is 1.40 bits per heavy atom. The zero-order valence-corrected chi connectivity index (χ0v) is 12.4. The standard InChI is InChI=1S/C15H21FN4/c1-10(2)20-15(14(17)11(3)18-20)19(4)9-12-6-5-7-13(16)8-12/h5-8,10H,9,17H2,1-4H3. The maximum atomic E-state index is 13.3. The van der Waals surface area contributed by atoms with Crippen LogP contribution in [-0.2, 0) is 6.54 Å². The molecule has 0 atom stereocenters. The number of rotatable bonds is 4. The molecule has 0 bridgehead atoms. The molecule has 0 amide bonds. The van der Waals surface area contributed by atoms with E-state index in [1.807, 2.05) is 29.6 Å². The topological polar surface area (TPSA) is 47.1 Å². The maximum absolute atomic E-state index is 13.3. The van der Waals surface area contributed by atoms with Crippen LogP contribution < -0.4 is 10.6 Å². The molecule has 0 aliphatic carbocycles. The van der Waals surface area contributed by atoms with Gasteiger partial charge in [0, 0.05) is 19.6 Å². The normalized spacial score (nSPS) is 11.1. The molecule has 0 aliphatic rings. The number of nitrogen functional groups attached to an aromatic ring is 1. The minimum atomic E-state index is -0.225. The van der Waals surface area contributed by atoms with E-state index < -0.39 is 0 Å². The average Bonchev–Trinajstić information content (AvgIpc) is 2.66. The molecule has 0 unspecified atom stereocenters. The fourth-order valence-electron chi connectivity index (χ4n) is 2.27. The van der Waals surface area contributed by atoms with Gasteiger partial charge >= 0.3 is 0 Å². The Labute approximate surface area is 119 Å². The lowest BCUT2D eigenvalue weighted by Gasteiger charge is -2.23. The van der Waals surface area contributed by atoms with Crippen LogP contribution in [0.25, 0.3) is 0 Å². The Hall–Kier alpha value is -2.04. The van der Waals surface area contributed by atoms with Gasteiger partial charge in [-0.15, -0.1) is 0 Å². The van der Waals surface area contributed by atoms with E-state index in [0.717, 1.165) is 17.1 Å². The molecule has 0 saturated heterocycles.